The molecule has 0 radical (unpaired) electrons. The van der Waals surface area contributed by atoms with Gasteiger partial charge >= 0.3 is 0 Å². The average molecular weight is 368 g/mol. The molecule has 0 fully saturated rings. The Kier molecular flexibility index (Phi) is 4.18. The van der Waals surface area contributed by atoms with Crippen LogP contribution >= 0.6 is 11.6 Å². The number of anilines is 4. The number of nitrogens with zero attached hydrogens (tertiary/aromatic N) is 2. The molecular formula is C19H15ClFN5. The van der Waals surface area contributed by atoms with E-state index in [1.807, 2.05) is 25.1 Å². The van der Waals surface area contributed by atoms with E-state index in [1.54, 1.807) is 18.3 Å². The van der Waals surface area contributed by atoms with Gasteiger partial charge in [0.2, 0.25) is 5.95 Å². The van der Waals surface area contributed by atoms with Crippen molar-refractivity contribution >= 4 is 45.6 Å². The van der Waals surface area contributed by atoms with Gasteiger partial charge in [-0.15, -0.1) is 0 Å². The predicted molar refractivity (Wildman–Crippen MR) is 103 cm³/mol. The third-order valence-corrected chi connectivity index (χ3v) is 4.15. The Morgan fingerprint density at radius 1 is 1.00 bits per heavy atom. The zero-order chi connectivity index (χ0) is 18.1. The van der Waals surface area contributed by atoms with E-state index in [9.17, 15) is 4.39 Å². The number of fused-ring (bicyclic) bond motifs is 1. The zero-order valence-corrected chi connectivity index (χ0v) is 14.6. The van der Waals surface area contributed by atoms with E-state index in [0.29, 0.717) is 17.5 Å². The molecule has 7 heteroatoms. The van der Waals surface area contributed by atoms with Gasteiger partial charge in [-0.25, -0.2) is 9.37 Å². The summed E-state index contributed by atoms with van der Waals surface area (Å²) >= 11 is 5.80. The molecule has 0 saturated carbocycles. The lowest BCUT2D eigenvalue weighted by molar-refractivity contribution is 0.628. The maximum atomic E-state index is 13.3. The van der Waals surface area contributed by atoms with Crippen molar-refractivity contribution in [3.05, 3.63) is 71.3 Å². The van der Waals surface area contributed by atoms with Gasteiger partial charge in [0, 0.05) is 34.2 Å². The summed E-state index contributed by atoms with van der Waals surface area (Å²) in [6.45, 7) is 2.02. The van der Waals surface area contributed by atoms with E-state index < -0.39 is 5.82 Å². The molecule has 0 aliphatic carbocycles. The van der Waals surface area contributed by atoms with E-state index in [-0.39, 0.29) is 5.02 Å². The van der Waals surface area contributed by atoms with Crippen molar-refractivity contribution in [2.24, 2.45) is 0 Å². The van der Waals surface area contributed by atoms with Gasteiger partial charge in [-0.3, -0.25) is 0 Å². The molecule has 0 spiro atoms. The SMILES string of the molecule is Cc1cc2cc(Nc3ccnc(Nc4ccc(F)c(Cl)c4)n3)ccc2[nH]1. The topological polar surface area (TPSA) is 65.6 Å². The maximum absolute atomic E-state index is 13.3. The molecule has 0 aliphatic rings. The van der Waals surface area contributed by atoms with E-state index in [1.165, 1.54) is 12.1 Å². The Balaban J connectivity index is 1.55. The predicted octanol–water partition coefficient (Wildman–Crippen LogP) is 5.55. The van der Waals surface area contributed by atoms with Gasteiger partial charge < -0.3 is 15.6 Å². The fourth-order valence-electron chi connectivity index (χ4n) is 2.69. The molecule has 0 unspecified atom stereocenters. The Morgan fingerprint density at radius 3 is 2.65 bits per heavy atom. The lowest BCUT2D eigenvalue weighted by atomic mass is 10.2. The molecule has 0 bridgehead atoms. The second kappa shape index (κ2) is 6.65. The molecule has 0 atom stereocenters. The highest BCUT2D eigenvalue weighted by atomic mass is 35.5. The Hall–Kier alpha value is -3.12. The second-order valence-corrected chi connectivity index (χ2v) is 6.31. The standard InChI is InChI=1S/C19H15ClFN5/c1-11-8-12-9-13(3-5-17(12)23-11)24-18-6-7-22-19(26-18)25-14-2-4-16(21)15(20)10-14/h2-10,23H,1H3,(H2,22,24,25,26). The highest BCUT2D eigenvalue weighted by Crippen LogP contribution is 2.24. The van der Waals surface area contributed by atoms with Crippen LogP contribution in [0.2, 0.25) is 5.02 Å². The summed E-state index contributed by atoms with van der Waals surface area (Å²) in [5.74, 6) is 0.558. The van der Waals surface area contributed by atoms with Crippen LogP contribution in [0.4, 0.5) is 27.5 Å². The van der Waals surface area contributed by atoms with Gasteiger partial charge in [0.1, 0.15) is 11.6 Å². The number of nitrogens with one attached hydrogen (secondary N) is 3. The van der Waals surface area contributed by atoms with E-state index in [2.05, 4.69) is 31.7 Å². The minimum absolute atomic E-state index is 0.0411. The molecule has 4 aromatic rings. The van der Waals surface area contributed by atoms with Crippen molar-refractivity contribution in [3.8, 4) is 0 Å². The van der Waals surface area contributed by atoms with Crippen molar-refractivity contribution in [1.82, 2.24) is 15.0 Å². The Labute approximate surface area is 154 Å². The summed E-state index contributed by atoms with van der Waals surface area (Å²) in [6, 6.07) is 14.3. The smallest absolute Gasteiger partial charge is 0.229 e. The number of hydrogen-bond acceptors (Lipinski definition) is 4. The first kappa shape index (κ1) is 16.4. The number of hydrogen-bond donors (Lipinski definition) is 3. The number of H-pyrrole nitrogens is 1. The average Bonchev–Trinajstić information content (AvgIpc) is 2.98. The van der Waals surface area contributed by atoms with Crippen LogP contribution in [0.25, 0.3) is 10.9 Å². The monoisotopic (exact) mass is 367 g/mol. The summed E-state index contributed by atoms with van der Waals surface area (Å²) in [4.78, 5) is 11.9. The molecule has 130 valence electrons. The summed E-state index contributed by atoms with van der Waals surface area (Å²) < 4.78 is 13.3. The number of aromatic nitrogens is 3. The van der Waals surface area contributed by atoms with Gasteiger partial charge in [-0.2, -0.15) is 4.98 Å². The van der Waals surface area contributed by atoms with Crippen LogP contribution in [0.15, 0.2) is 54.7 Å². The lowest BCUT2D eigenvalue weighted by Crippen LogP contribution is -2.00. The van der Waals surface area contributed by atoms with Gasteiger partial charge in [0.15, 0.2) is 0 Å². The Morgan fingerprint density at radius 2 is 1.81 bits per heavy atom. The van der Waals surface area contributed by atoms with Crippen LogP contribution in [-0.2, 0) is 0 Å². The van der Waals surface area contributed by atoms with Crippen molar-refractivity contribution < 1.29 is 4.39 Å². The highest BCUT2D eigenvalue weighted by molar-refractivity contribution is 6.31. The van der Waals surface area contributed by atoms with Crippen LogP contribution in [-0.4, -0.2) is 15.0 Å². The fourth-order valence-corrected chi connectivity index (χ4v) is 2.88. The molecule has 2 aromatic heterocycles. The Bertz CT molecular complexity index is 1090. The quantitative estimate of drug-likeness (QED) is 0.442. The van der Waals surface area contributed by atoms with Crippen molar-refractivity contribution in [3.63, 3.8) is 0 Å². The summed E-state index contributed by atoms with van der Waals surface area (Å²) in [6.07, 6.45) is 1.64. The molecular weight excluding hydrogens is 353 g/mol. The van der Waals surface area contributed by atoms with Crippen LogP contribution in [0.3, 0.4) is 0 Å². The van der Waals surface area contributed by atoms with Crippen LogP contribution in [0.1, 0.15) is 5.69 Å². The van der Waals surface area contributed by atoms with Gasteiger partial charge in [-0.1, -0.05) is 11.6 Å². The summed E-state index contributed by atoms with van der Waals surface area (Å²) in [7, 11) is 0. The number of benzene rings is 2. The third kappa shape index (κ3) is 3.45. The molecule has 0 aliphatic heterocycles. The molecule has 0 amide bonds. The number of rotatable bonds is 4. The molecule has 2 aromatic carbocycles. The van der Waals surface area contributed by atoms with E-state index >= 15 is 0 Å². The first-order valence-corrected chi connectivity index (χ1v) is 8.36. The third-order valence-electron chi connectivity index (χ3n) is 3.86. The number of aryl methyl sites for hydroxylation is 1. The molecule has 26 heavy (non-hydrogen) atoms. The van der Waals surface area contributed by atoms with E-state index in [4.69, 9.17) is 11.6 Å². The van der Waals surface area contributed by atoms with Gasteiger partial charge in [-0.05, 0) is 55.5 Å². The second-order valence-electron chi connectivity index (χ2n) is 5.90. The molecule has 0 saturated heterocycles. The van der Waals surface area contributed by atoms with Gasteiger partial charge in [0.25, 0.3) is 0 Å². The molecule has 4 rings (SSSR count). The zero-order valence-electron chi connectivity index (χ0n) is 13.8. The molecule has 2 heterocycles. The maximum Gasteiger partial charge on any atom is 0.229 e. The van der Waals surface area contributed by atoms with Crippen molar-refractivity contribution in [1.29, 1.82) is 0 Å². The highest BCUT2D eigenvalue weighted by Gasteiger charge is 2.05. The molecule has 3 N–H and O–H groups in total. The number of aromatic amines is 1. The van der Waals surface area contributed by atoms with Gasteiger partial charge in [0.05, 0.1) is 5.02 Å². The normalized spacial score (nSPS) is 10.9. The number of halogens is 2. The van der Waals surface area contributed by atoms with Crippen LogP contribution in [0.5, 0.6) is 0 Å². The van der Waals surface area contributed by atoms with Crippen LogP contribution in [0, 0.1) is 12.7 Å². The minimum Gasteiger partial charge on any atom is -0.359 e. The largest absolute Gasteiger partial charge is 0.359 e. The lowest BCUT2D eigenvalue weighted by Gasteiger charge is -2.09. The van der Waals surface area contributed by atoms with Crippen molar-refractivity contribution in [2.45, 2.75) is 6.92 Å². The molecule has 5 nitrogen and oxygen atoms in total. The fraction of sp³-hybridized carbons (Fsp3) is 0.0526. The van der Waals surface area contributed by atoms with E-state index in [0.717, 1.165) is 22.3 Å². The van der Waals surface area contributed by atoms with Crippen LogP contribution < -0.4 is 10.6 Å². The first-order chi connectivity index (χ1) is 12.6. The minimum atomic E-state index is -0.469. The summed E-state index contributed by atoms with van der Waals surface area (Å²) in [5, 5.41) is 7.44. The van der Waals surface area contributed by atoms with Crippen molar-refractivity contribution in [2.75, 3.05) is 10.6 Å². The first-order valence-electron chi connectivity index (χ1n) is 7.98. The summed E-state index contributed by atoms with van der Waals surface area (Å²) in [5.41, 5.74) is 3.73.